The van der Waals surface area contributed by atoms with Gasteiger partial charge in [0.05, 0.1) is 0 Å². The molecule has 1 saturated carbocycles. The molecule has 2 rings (SSSR count). The molecule has 0 spiro atoms. The van der Waals surface area contributed by atoms with Crippen molar-refractivity contribution in [3.8, 4) is 0 Å². The highest BCUT2D eigenvalue weighted by Crippen LogP contribution is 2.38. The van der Waals surface area contributed by atoms with Crippen LogP contribution in [0.3, 0.4) is 0 Å². The average molecular weight is 156 g/mol. The fraction of sp³-hybridized carbons (Fsp3) is 1.00. The lowest BCUT2D eigenvalue weighted by molar-refractivity contribution is 0.249. The van der Waals surface area contributed by atoms with E-state index in [1.54, 1.807) is 6.42 Å². The first-order chi connectivity index (χ1) is 4.97. The largest absolute Gasteiger partial charge is 0.162 e. The third-order valence-corrected chi connectivity index (χ3v) is 4.22. The number of hydrogen-bond donors (Lipinski definition) is 0. The van der Waals surface area contributed by atoms with Crippen molar-refractivity contribution >= 4 is 11.8 Å². The van der Waals surface area contributed by atoms with Crippen LogP contribution < -0.4 is 0 Å². The van der Waals surface area contributed by atoms with Crippen LogP contribution in [0.1, 0.15) is 32.1 Å². The van der Waals surface area contributed by atoms with E-state index in [2.05, 4.69) is 11.8 Å². The van der Waals surface area contributed by atoms with E-state index in [1.165, 1.54) is 37.2 Å². The topological polar surface area (TPSA) is 0 Å². The molecule has 1 aliphatic heterocycles. The molecule has 0 nitrogen and oxygen atoms in total. The van der Waals surface area contributed by atoms with Crippen LogP contribution in [0.15, 0.2) is 0 Å². The summed E-state index contributed by atoms with van der Waals surface area (Å²) in [5.74, 6) is 5.17. The maximum absolute atomic E-state index is 2.18. The summed E-state index contributed by atoms with van der Waals surface area (Å²) in [5.41, 5.74) is 0. The molecule has 0 N–H and O–H groups in total. The quantitative estimate of drug-likeness (QED) is 0.519. The highest BCUT2D eigenvalue weighted by Gasteiger charge is 2.27. The Balaban J connectivity index is 1.93. The van der Waals surface area contributed by atoms with Gasteiger partial charge in [-0.2, -0.15) is 11.8 Å². The van der Waals surface area contributed by atoms with Gasteiger partial charge in [0.2, 0.25) is 0 Å². The Morgan fingerprint density at radius 3 is 2.50 bits per heavy atom. The molecule has 0 aromatic carbocycles. The first-order valence-electron chi connectivity index (χ1n) is 4.54. The van der Waals surface area contributed by atoms with Gasteiger partial charge in [0, 0.05) is 0 Å². The fourth-order valence-corrected chi connectivity index (χ4v) is 3.73. The lowest BCUT2D eigenvalue weighted by atomic mass is 9.79. The van der Waals surface area contributed by atoms with Crippen molar-refractivity contribution in [2.24, 2.45) is 11.8 Å². The molecule has 2 fully saturated rings. The van der Waals surface area contributed by atoms with E-state index in [1.807, 2.05) is 0 Å². The highest BCUT2D eigenvalue weighted by molar-refractivity contribution is 7.99. The van der Waals surface area contributed by atoms with Gasteiger partial charge in [-0.3, -0.25) is 0 Å². The second-order valence-electron chi connectivity index (χ2n) is 3.67. The average Bonchev–Trinajstić information content (AvgIpc) is 2.05. The second kappa shape index (κ2) is 3.17. The third-order valence-electron chi connectivity index (χ3n) is 3.03. The minimum atomic E-state index is 1.12. The number of hydrogen-bond acceptors (Lipinski definition) is 1. The minimum absolute atomic E-state index is 1.12. The summed E-state index contributed by atoms with van der Waals surface area (Å²) in [6.07, 6.45) is 7.64. The van der Waals surface area contributed by atoms with Crippen molar-refractivity contribution in [1.82, 2.24) is 0 Å². The van der Waals surface area contributed by atoms with Gasteiger partial charge in [0.15, 0.2) is 0 Å². The SMILES string of the molecule is C1CCC2CSCCC2C1. The van der Waals surface area contributed by atoms with Crippen LogP contribution in [0.4, 0.5) is 0 Å². The van der Waals surface area contributed by atoms with E-state index in [0.717, 1.165) is 11.8 Å². The zero-order valence-electron chi connectivity index (χ0n) is 6.51. The van der Waals surface area contributed by atoms with Gasteiger partial charge in [-0.15, -0.1) is 0 Å². The zero-order valence-corrected chi connectivity index (χ0v) is 7.33. The molecule has 10 heavy (non-hydrogen) atoms. The molecule has 1 heterocycles. The van der Waals surface area contributed by atoms with Crippen LogP contribution in [0.5, 0.6) is 0 Å². The molecule has 0 amide bonds. The predicted octanol–water partition coefficient (Wildman–Crippen LogP) is 2.93. The molecule has 1 saturated heterocycles. The van der Waals surface area contributed by atoms with E-state index in [0.29, 0.717) is 0 Å². The summed E-state index contributed by atoms with van der Waals surface area (Å²) in [5, 5.41) is 0. The molecule has 0 bridgehead atoms. The lowest BCUT2D eigenvalue weighted by Crippen LogP contribution is -2.25. The molecular weight excluding hydrogens is 140 g/mol. The number of rotatable bonds is 0. The standard InChI is InChI=1S/C9H16S/c1-2-4-9-7-10-6-5-8(9)3-1/h8-9H,1-7H2. The highest BCUT2D eigenvalue weighted by atomic mass is 32.2. The molecule has 1 heteroatoms. The van der Waals surface area contributed by atoms with Crippen molar-refractivity contribution in [2.75, 3.05) is 11.5 Å². The Bertz CT molecular complexity index is 85.3. The van der Waals surface area contributed by atoms with E-state index < -0.39 is 0 Å². The van der Waals surface area contributed by atoms with Gasteiger partial charge in [0.25, 0.3) is 0 Å². The summed E-state index contributed by atoms with van der Waals surface area (Å²) in [6.45, 7) is 0. The summed E-state index contributed by atoms with van der Waals surface area (Å²) in [6, 6.07) is 0. The zero-order chi connectivity index (χ0) is 6.81. The molecule has 1 aliphatic carbocycles. The first-order valence-corrected chi connectivity index (χ1v) is 5.70. The molecule has 2 aliphatic rings. The maximum Gasteiger partial charge on any atom is -0.00365 e. The van der Waals surface area contributed by atoms with Gasteiger partial charge in [-0.1, -0.05) is 19.3 Å². The van der Waals surface area contributed by atoms with Crippen LogP contribution in [0.2, 0.25) is 0 Å². The third kappa shape index (κ3) is 1.34. The van der Waals surface area contributed by atoms with Gasteiger partial charge >= 0.3 is 0 Å². The summed E-state index contributed by atoms with van der Waals surface area (Å²) < 4.78 is 0. The normalized spacial score (nSPS) is 40.8. The number of thioether (sulfide) groups is 1. The van der Waals surface area contributed by atoms with Crippen molar-refractivity contribution in [1.29, 1.82) is 0 Å². The summed E-state index contributed by atoms with van der Waals surface area (Å²) in [4.78, 5) is 0. The summed E-state index contributed by atoms with van der Waals surface area (Å²) in [7, 11) is 0. The Morgan fingerprint density at radius 2 is 1.70 bits per heavy atom. The summed E-state index contributed by atoms with van der Waals surface area (Å²) >= 11 is 2.18. The molecule has 2 atom stereocenters. The van der Waals surface area contributed by atoms with Gasteiger partial charge in [-0.05, 0) is 36.2 Å². The van der Waals surface area contributed by atoms with Crippen LogP contribution in [0.25, 0.3) is 0 Å². The van der Waals surface area contributed by atoms with Crippen LogP contribution in [-0.2, 0) is 0 Å². The van der Waals surface area contributed by atoms with E-state index >= 15 is 0 Å². The van der Waals surface area contributed by atoms with Crippen LogP contribution >= 0.6 is 11.8 Å². The van der Waals surface area contributed by atoms with Crippen molar-refractivity contribution in [2.45, 2.75) is 32.1 Å². The molecule has 0 aromatic heterocycles. The van der Waals surface area contributed by atoms with Crippen molar-refractivity contribution < 1.29 is 0 Å². The van der Waals surface area contributed by atoms with Crippen LogP contribution in [-0.4, -0.2) is 11.5 Å². The second-order valence-corrected chi connectivity index (χ2v) is 4.82. The van der Waals surface area contributed by atoms with Crippen LogP contribution in [0, 0.1) is 11.8 Å². The molecule has 2 unspecified atom stereocenters. The van der Waals surface area contributed by atoms with Crippen molar-refractivity contribution in [3.63, 3.8) is 0 Å². The van der Waals surface area contributed by atoms with E-state index in [-0.39, 0.29) is 0 Å². The van der Waals surface area contributed by atoms with Gasteiger partial charge < -0.3 is 0 Å². The first kappa shape index (κ1) is 7.02. The van der Waals surface area contributed by atoms with Crippen molar-refractivity contribution in [3.05, 3.63) is 0 Å². The van der Waals surface area contributed by atoms with E-state index in [4.69, 9.17) is 0 Å². The fourth-order valence-electron chi connectivity index (χ4n) is 2.35. The minimum Gasteiger partial charge on any atom is -0.162 e. The monoisotopic (exact) mass is 156 g/mol. The van der Waals surface area contributed by atoms with Gasteiger partial charge in [0.1, 0.15) is 0 Å². The molecule has 0 aromatic rings. The van der Waals surface area contributed by atoms with E-state index in [9.17, 15) is 0 Å². The Kier molecular flexibility index (Phi) is 2.22. The molecular formula is C9H16S. The number of fused-ring (bicyclic) bond motifs is 1. The Morgan fingerprint density at radius 1 is 0.900 bits per heavy atom. The predicted molar refractivity (Wildman–Crippen MR) is 47.4 cm³/mol. The van der Waals surface area contributed by atoms with Gasteiger partial charge in [-0.25, -0.2) is 0 Å². The smallest absolute Gasteiger partial charge is 0.00365 e. The molecule has 0 radical (unpaired) electrons. The Hall–Kier alpha value is 0.350. The Labute approximate surface area is 67.8 Å². The lowest BCUT2D eigenvalue weighted by Gasteiger charge is -2.34. The molecule has 58 valence electrons. The maximum atomic E-state index is 2.18.